The maximum Gasteiger partial charge on any atom is 0.336 e. The standard InChI is InChI=1S/C19H21N3OS.C6H8O7/c1-23-19-20-12-17(13-21-19)14-22(15-18-8-5-11-24-18)10-9-16-6-3-2-4-7-16;7-3(8)1-6(13,5(11)12)2-4(9)10/h2-8,11-13H,9-10,14-15H2,1H3;13H,1-2H2,(H,7,8)(H,9,10)(H,11,12). The SMILES string of the molecule is COc1ncc(CN(CCc2ccccc2)Cc2cccs2)cn1.O=C(O)CC(O)(CC(=O)O)C(=O)O. The van der Waals surface area contributed by atoms with E-state index >= 15 is 0 Å². The number of methoxy groups -OCH3 is 1. The average molecular weight is 532 g/mol. The van der Waals surface area contributed by atoms with Crippen LogP contribution in [0.1, 0.15) is 28.8 Å². The zero-order valence-corrected chi connectivity index (χ0v) is 21.0. The Kier molecular flexibility index (Phi) is 11.6. The Morgan fingerprint density at radius 2 is 1.54 bits per heavy atom. The predicted octanol–water partition coefficient (Wildman–Crippen LogP) is 2.54. The van der Waals surface area contributed by atoms with Crippen LogP contribution in [-0.4, -0.2) is 72.5 Å². The number of rotatable bonds is 13. The van der Waals surface area contributed by atoms with Gasteiger partial charge in [-0.15, -0.1) is 11.3 Å². The molecule has 0 unspecified atom stereocenters. The monoisotopic (exact) mass is 531 g/mol. The summed E-state index contributed by atoms with van der Waals surface area (Å²) in [5.74, 6) is -5.02. The van der Waals surface area contributed by atoms with Gasteiger partial charge in [0.25, 0.3) is 0 Å². The van der Waals surface area contributed by atoms with Crippen molar-refractivity contribution < 1.29 is 39.5 Å². The van der Waals surface area contributed by atoms with Crippen molar-refractivity contribution in [2.75, 3.05) is 13.7 Å². The van der Waals surface area contributed by atoms with E-state index in [1.807, 2.05) is 12.4 Å². The number of carbonyl (C=O) groups is 3. The number of hydrogen-bond donors (Lipinski definition) is 4. The van der Waals surface area contributed by atoms with Crippen LogP contribution in [0.4, 0.5) is 0 Å². The molecule has 0 aliphatic heterocycles. The van der Waals surface area contributed by atoms with Gasteiger partial charge in [-0.2, -0.15) is 0 Å². The second-order valence-corrected chi connectivity index (χ2v) is 9.11. The summed E-state index contributed by atoms with van der Waals surface area (Å²) < 4.78 is 5.03. The number of carboxylic acids is 3. The fourth-order valence-electron chi connectivity index (χ4n) is 3.27. The Labute approximate surface area is 217 Å². The zero-order valence-electron chi connectivity index (χ0n) is 20.2. The van der Waals surface area contributed by atoms with Gasteiger partial charge in [0.15, 0.2) is 5.60 Å². The topological polar surface area (TPSA) is 170 Å². The Morgan fingerprint density at radius 3 is 2.03 bits per heavy atom. The number of benzene rings is 1. The van der Waals surface area contributed by atoms with Crippen LogP contribution in [0.15, 0.2) is 60.2 Å². The van der Waals surface area contributed by atoms with Gasteiger partial charge in [0.1, 0.15) is 0 Å². The van der Waals surface area contributed by atoms with Crippen LogP contribution in [-0.2, 0) is 33.9 Å². The van der Waals surface area contributed by atoms with Crippen LogP contribution in [0.5, 0.6) is 6.01 Å². The van der Waals surface area contributed by atoms with E-state index in [0.29, 0.717) is 6.01 Å². The molecule has 11 nitrogen and oxygen atoms in total. The minimum Gasteiger partial charge on any atom is -0.481 e. The van der Waals surface area contributed by atoms with E-state index < -0.39 is 36.4 Å². The summed E-state index contributed by atoms with van der Waals surface area (Å²) in [6.07, 6.45) is 2.43. The van der Waals surface area contributed by atoms with Crippen LogP contribution >= 0.6 is 11.3 Å². The van der Waals surface area contributed by atoms with E-state index in [1.54, 1.807) is 18.4 Å². The molecule has 12 heteroatoms. The summed E-state index contributed by atoms with van der Waals surface area (Å²) in [5, 5.41) is 35.9. The van der Waals surface area contributed by atoms with Crippen LogP contribution in [0.3, 0.4) is 0 Å². The molecule has 3 rings (SSSR count). The van der Waals surface area contributed by atoms with Gasteiger partial charge in [0.2, 0.25) is 0 Å². The second kappa shape index (κ2) is 14.6. The van der Waals surface area contributed by atoms with Crippen molar-refractivity contribution >= 4 is 29.2 Å². The molecule has 0 amide bonds. The Morgan fingerprint density at radius 1 is 0.919 bits per heavy atom. The van der Waals surface area contributed by atoms with Gasteiger partial charge in [-0.25, -0.2) is 14.8 Å². The third-order valence-corrected chi connectivity index (χ3v) is 5.94. The van der Waals surface area contributed by atoms with E-state index in [4.69, 9.17) is 25.2 Å². The van der Waals surface area contributed by atoms with Crippen molar-refractivity contribution in [1.29, 1.82) is 0 Å². The molecule has 0 saturated carbocycles. The third kappa shape index (κ3) is 10.7. The normalized spacial score (nSPS) is 10.9. The van der Waals surface area contributed by atoms with E-state index in [1.165, 1.54) is 10.4 Å². The minimum absolute atomic E-state index is 0.410. The van der Waals surface area contributed by atoms with Crippen LogP contribution in [0, 0.1) is 0 Å². The van der Waals surface area contributed by atoms with Gasteiger partial charge in [0, 0.05) is 42.5 Å². The lowest BCUT2D eigenvalue weighted by molar-refractivity contribution is -0.170. The van der Waals surface area contributed by atoms with Gasteiger partial charge in [-0.3, -0.25) is 14.5 Å². The fourth-order valence-corrected chi connectivity index (χ4v) is 4.02. The lowest BCUT2D eigenvalue weighted by Crippen LogP contribution is -2.42. The largest absolute Gasteiger partial charge is 0.481 e. The molecule has 0 radical (unpaired) electrons. The van der Waals surface area contributed by atoms with Crippen LogP contribution < -0.4 is 4.74 Å². The summed E-state index contributed by atoms with van der Waals surface area (Å²) in [6, 6.07) is 15.3. The number of thiophene rings is 1. The van der Waals surface area contributed by atoms with Crippen LogP contribution in [0.2, 0.25) is 0 Å². The number of aromatic nitrogens is 2. The summed E-state index contributed by atoms with van der Waals surface area (Å²) in [5.41, 5.74) is -0.280. The molecule has 2 aromatic heterocycles. The minimum atomic E-state index is -2.74. The van der Waals surface area contributed by atoms with Crippen molar-refractivity contribution in [3.63, 3.8) is 0 Å². The highest BCUT2D eigenvalue weighted by atomic mass is 32.1. The van der Waals surface area contributed by atoms with Crippen molar-refractivity contribution in [3.05, 3.63) is 76.2 Å². The van der Waals surface area contributed by atoms with Gasteiger partial charge in [0.05, 0.1) is 20.0 Å². The van der Waals surface area contributed by atoms with Crippen molar-refractivity contribution in [2.45, 2.75) is 38.0 Å². The van der Waals surface area contributed by atoms with Gasteiger partial charge in [-0.1, -0.05) is 36.4 Å². The zero-order chi connectivity index (χ0) is 27.3. The molecule has 0 fully saturated rings. The lowest BCUT2D eigenvalue weighted by atomic mass is 9.96. The molecule has 2 heterocycles. The molecule has 3 aromatic rings. The molecule has 0 aliphatic rings. The molecule has 37 heavy (non-hydrogen) atoms. The van der Waals surface area contributed by atoms with Crippen molar-refractivity contribution in [3.8, 4) is 6.01 Å². The maximum absolute atomic E-state index is 10.3. The van der Waals surface area contributed by atoms with E-state index in [9.17, 15) is 14.4 Å². The summed E-state index contributed by atoms with van der Waals surface area (Å²) >= 11 is 1.80. The number of hydrogen-bond acceptors (Lipinski definition) is 9. The molecule has 0 spiro atoms. The Bertz CT molecular complexity index is 1110. The molecule has 0 saturated heterocycles. The highest BCUT2D eigenvalue weighted by molar-refractivity contribution is 7.09. The quantitative estimate of drug-likeness (QED) is 0.255. The molecule has 198 valence electrons. The highest BCUT2D eigenvalue weighted by Gasteiger charge is 2.40. The molecule has 0 atom stereocenters. The fraction of sp³-hybridized carbons (Fsp3) is 0.320. The third-order valence-electron chi connectivity index (χ3n) is 5.07. The van der Waals surface area contributed by atoms with Crippen LogP contribution in [0.25, 0.3) is 0 Å². The maximum atomic E-state index is 10.3. The first kappa shape index (κ1) is 29.4. The van der Waals surface area contributed by atoms with Gasteiger partial charge < -0.3 is 25.2 Å². The molecule has 1 aromatic carbocycles. The van der Waals surface area contributed by atoms with E-state index in [2.05, 4.69) is 62.7 Å². The van der Waals surface area contributed by atoms with Crippen molar-refractivity contribution in [1.82, 2.24) is 14.9 Å². The smallest absolute Gasteiger partial charge is 0.336 e. The summed E-state index contributed by atoms with van der Waals surface area (Å²) in [4.78, 5) is 42.7. The lowest BCUT2D eigenvalue weighted by Gasteiger charge is -2.21. The summed E-state index contributed by atoms with van der Waals surface area (Å²) in [6.45, 7) is 2.76. The average Bonchev–Trinajstić information content (AvgIpc) is 3.36. The number of nitrogens with zero attached hydrogens (tertiary/aromatic N) is 3. The van der Waals surface area contributed by atoms with Crippen molar-refractivity contribution in [2.24, 2.45) is 0 Å². The van der Waals surface area contributed by atoms with E-state index in [0.717, 1.165) is 31.6 Å². The predicted molar refractivity (Wildman–Crippen MR) is 134 cm³/mol. The number of aliphatic carboxylic acids is 3. The molecular weight excluding hydrogens is 502 g/mol. The number of aliphatic hydroxyl groups is 1. The Balaban J connectivity index is 0.000000317. The Hall–Kier alpha value is -3.87. The first-order valence-electron chi connectivity index (χ1n) is 11.1. The molecular formula is C25H29N3O8S. The highest BCUT2D eigenvalue weighted by Crippen LogP contribution is 2.16. The van der Waals surface area contributed by atoms with Gasteiger partial charge >= 0.3 is 23.9 Å². The first-order valence-corrected chi connectivity index (χ1v) is 12.0. The number of carboxylic acid groups (broad SMARTS) is 3. The van der Waals surface area contributed by atoms with Gasteiger partial charge in [-0.05, 0) is 23.4 Å². The number of ether oxygens (including phenoxy) is 1. The molecule has 0 bridgehead atoms. The van der Waals surface area contributed by atoms with E-state index in [-0.39, 0.29) is 0 Å². The molecule has 0 aliphatic carbocycles. The summed E-state index contributed by atoms with van der Waals surface area (Å²) in [7, 11) is 1.58. The first-order chi connectivity index (χ1) is 17.6. The second-order valence-electron chi connectivity index (χ2n) is 8.08. The molecule has 4 N–H and O–H groups in total.